The van der Waals surface area contributed by atoms with Gasteiger partial charge in [0.15, 0.2) is 0 Å². The van der Waals surface area contributed by atoms with Crippen molar-refractivity contribution in [2.24, 2.45) is 0 Å². The lowest BCUT2D eigenvalue weighted by Crippen LogP contribution is -2.48. The number of ether oxygens (including phenoxy) is 2. The Morgan fingerprint density at radius 2 is 1.71 bits per heavy atom. The fourth-order valence-electron chi connectivity index (χ4n) is 1.69. The molecule has 0 saturated carbocycles. The minimum Gasteiger partial charge on any atom is -0.469 e. The Labute approximate surface area is 122 Å². The third-order valence-electron chi connectivity index (χ3n) is 2.63. The highest BCUT2D eigenvalue weighted by atomic mass is 16.6. The zero-order chi connectivity index (χ0) is 15.8. The first-order chi connectivity index (χ1) is 10.0. The first-order valence-corrected chi connectivity index (χ1v) is 6.75. The molecule has 0 aliphatic rings. The van der Waals surface area contributed by atoms with E-state index in [9.17, 15) is 14.4 Å². The van der Waals surface area contributed by atoms with Crippen LogP contribution >= 0.6 is 0 Å². The maximum Gasteiger partial charge on any atom is 0.340 e. The number of amides is 1. The summed E-state index contributed by atoms with van der Waals surface area (Å²) in [6.45, 7) is 5.22. The SMILES string of the molecule is CCOC(=O)C(NC(=O)c1ccoc1CC)C(=O)OCC. The molecule has 0 bridgehead atoms. The van der Waals surface area contributed by atoms with Crippen LogP contribution in [0.4, 0.5) is 0 Å². The summed E-state index contributed by atoms with van der Waals surface area (Å²) in [5.74, 6) is -1.83. The zero-order valence-electron chi connectivity index (χ0n) is 12.3. The first-order valence-electron chi connectivity index (χ1n) is 6.75. The number of hydrogen-bond acceptors (Lipinski definition) is 6. The molecule has 1 amide bonds. The van der Waals surface area contributed by atoms with Gasteiger partial charge in [0.05, 0.1) is 25.0 Å². The molecule has 21 heavy (non-hydrogen) atoms. The van der Waals surface area contributed by atoms with Gasteiger partial charge in [-0.15, -0.1) is 0 Å². The van der Waals surface area contributed by atoms with Gasteiger partial charge in [-0.05, 0) is 19.9 Å². The van der Waals surface area contributed by atoms with Crippen LogP contribution in [0.5, 0.6) is 0 Å². The summed E-state index contributed by atoms with van der Waals surface area (Å²) in [6.07, 6.45) is 1.89. The van der Waals surface area contributed by atoms with Gasteiger partial charge < -0.3 is 19.2 Å². The molecule has 1 N–H and O–H groups in total. The summed E-state index contributed by atoms with van der Waals surface area (Å²) in [5.41, 5.74) is 0.274. The van der Waals surface area contributed by atoms with Crippen molar-refractivity contribution in [3.8, 4) is 0 Å². The maximum atomic E-state index is 12.1. The van der Waals surface area contributed by atoms with E-state index in [4.69, 9.17) is 13.9 Å². The van der Waals surface area contributed by atoms with E-state index < -0.39 is 23.9 Å². The minimum atomic E-state index is -1.49. The fraction of sp³-hybridized carbons (Fsp3) is 0.500. The van der Waals surface area contributed by atoms with E-state index in [1.165, 1.54) is 12.3 Å². The van der Waals surface area contributed by atoms with Gasteiger partial charge in [0.1, 0.15) is 5.76 Å². The van der Waals surface area contributed by atoms with Crippen molar-refractivity contribution in [3.63, 3.8) is 0 Å². The lowest BCUT2D eigenvalue weighted by molar-refractivity contribution is -0.157. The summed E-state index contributed by atoms with van der Waals surface area (Å²) < 4.78 is 14.7. The molecule has 1 heterocycles. The van der Waals surface area contributed by atoms with E-state index in [0.717, 1.165) is 0 Å². The third-order valence-corrected chi connectivity index (χ3v) is 2.63. The zero-order valence-corrected chi connectivity index (χ0v) is 12.3. The summed E-state index contributed by atoms with van der Waals surface area (Å²) >= 11 is 0. The summed E-state index contributed by atoms with van der Waals surface area (Å²) in [7, 11) is 0. The Balaban J connectivity index is 2.87. The normalized spacial score (nSPS) is 10.3. The van der Waals surface area contributed by atoms with Crippen LogP contribution in [0.2, 0.25) is 0 Å². The molecule has 0 radical (unpaired) electrons. The topological polar surface area (TPSA) is 94.8 Å². The number of rotatable bonds is 7. The van der Waals surface area contributed by atoms with Gasteiger partial charge in [-0.2, -0.15) is 0 Å². The average Bonchev–Trinajstić information content (AvgIpc) is 2.93. The second-order valence-electron chi connectivity index (χ2n) is 4.02. The van der Waals surface area contributed by atoms with Crippen molar-refractivity contribution in [1.82, 2.24) is 5.32 Å². The van der Waals surface area contributed by atoms with Crippen molar-refractivity contribution < 1.29 is 28.3 Å². The molecule has 1 rings (SSSR count). The number of esters is 2. The predicted octanol–water partition coefficient (Wildman–Crippen LogP) is 1.07. The number of aryl methyl sites for hydroxylation is 1. The lowest BCUT2D eigenvalue weighted by atomic mass is 10.2. The standard InChI is InChI=1S/C14H19NO6/c1-4-10-9(7-8-21-10)12(16)15-11(13(17)19-5-2)14(18)20-6-3/h7-8,11H,4-6H2,1-3H3,(H,15,16). The molecule has 7 heteroatoms. The van der Waals surface area contributed by atoms with Crippen LogP contribution in [-0.4, -0.2) is 37.1 Å². The van der Waals surface area contributed by atoms with Crippen molar-refractivity contribution in [2.75, 3.05) is 13.2 Å². The lowest BCUT2D eigenvalue weighted by Gasteiger charge is -2.15. The van der Waals surface area contributed by atoms with Crippen LogP contribution in [0.15, 0.2) is 16.7 Å². The monoisotopic (exact) mass is 297 g/mol. The molecular formula is C14H19NO6. The third kappa shape index (κ3) is 4.34. The van der Waals surface area contributed by atoms with Crippen LogP contribution in [0.1, 0.15) is 36.9 Å². The van der Waals surface area contributed by atoms with Gasteiger partial charge in [-0.1, -0.05) is 6.92 Å². The van der Waals surface area contributed by atoms with Crippen LogP contribution < -0.4 is 5.32 Å². The summed E-state index contributed by atoms with van der Waals surface area (Å²) in [6, 6.07) is -0.0151. The Kier molecular flexibility index (Phi) is 6.45. The van der Waals surface area contributed by atoms with E-state index in [1.54, 1.807) is 13.8 Å². The van der Waals surface area contributed by atoms with Gasteiger partial charge in [-0.3, -0.25) is 4.79 Å². The van der Waals surface area contributed by atoms with Crippen molar-refractivity contribution >= 4 is 17.8 Å². The number of carbonyl (C=O) groups excluding carboxylic acids is 3. The van der Waals surface area contributed by atoms with Crippen molar-refractivity contribution in [3.05, 3.63) is 23.7 Å². The van der Waals surface area contributed by atoms with Gasteiger partial charge in [0.2, 0.25) is 6.04 Å². The minimum absolute atomic E-state index is 0.0938. The largest absolute Gasteiger partial charge is 0.469 e. The summed E-state index contributed by atoms with van der Waals surface area (Å²) in [5, 5.41) is 2.32. The molecule has 0 aromatic carbocycles. The average molecular weight is 297 g/mol. The number of furan rings is 1. The Morgan fingerprint density at radius 1 is 1.14 bits per heavy atom. The molecule has 0 saturated heterocycles. The molecule has 0 atom stereocenters. The molecule has 7 nitrogen and oxygen atoms in total. The van der Waals surface area contributed by atoms with Crippen LogP contribution in [0.25, 0.3) is 0 Å². The van der Waals surface area contributed by atoms with Crippen LogP contribution in [0, 0.1) is 0 Å². The van der Waals surface area contributed by atoms with Gasteiger partial charge in [0, 0.05) is 6.42 Å². The van der Waals surface area contributed by atoms with Gasteiger partial charge in [-0.25, -0.2) is 9.59 Å². The number of nitrogens with one attached hydrogen (secondary N) is 1. The predicted molar refractivity (Wildman–Crippen MR) is 72.6 cm³/mol. The van der Waals surface area contributed by atoms with Crippen LogP contribution in [-0.2, 0) is 25.5 Å². The molecule has 0 aliphatic heterocycles. The number of carbonyl (C=O) groups is 3. The maximum absolute atomic E-state index is 12.1. The number of hydrogen-bond donors (Lipinski definition) is 1. The highest BCUT2D eigenvalue weighted by molar-refractivity contribution is 6.05. The molecule has 1 aromatic rings. The second kappa shape index (κ2) is 8.08. The summed E-state index contributed by atoms with van der Waals surface area (Å²) in [4.78, 5) is 35.6. The van der Waals surface area contributed by atoms with Gasteiger partial charge in [0.25, 0.3) is 5.91 Å². The quantitative estimate of drug-likeness (QED) is 0.597. The van der Waals surface area contributed by atoms with E-state index in [-0.39, 0.29) is 18.8 Å². The van der Waals surface area contributed by atoms with E-state index in [1.807, 2.05) is 6.92 Å². The fourth-order valence-corrected chi connectivity index (χ4v) is 1.69. The molecule has 0 aliphatic carbocycles. The van der Waals surface area contributed by atoms with Crippen molar-refractivity contribution in [1.29, 1.82) is 0 Å². The highest BCUT2D eigenvalue weighted by Gasteiger charge is 2.32. The van der Waals surface area contributed by atoms with E-state index >= 15 is 0 Å². The highest BCUT2D eigenvalue weighted by Crippen LogP contribution is 2.11. The van der Waals surface area contributed by atoms with Gasteiger partial charge >= 0.3 is 11.9 Å². The molecule has 0 unspecified atom stereocenters. The van der Waals surface area contributed by atoms with Crippen LogP contribution in [0.3, 0.4) is 0 Å². The molecule has 0 fully saturated rings. The Bertz CT molecular complexity index is 489. The molecule has 1 aromatic heterocycles. The Hall–Kier alpha value is -2.31. The van der Waals surface area contributed by atoms with E-state index in [0.29, 0.717) is 12.2 Å². The molecule has 0 spiro atoms. The Morgan fingerprint density at radius 3 is 2.19 bits per heavy atom. The first kappa shape index (κ1) is 16.7. The smallest absolute Gasteiger partial charge is 0.340 e. The van der Waals surface area contributed by atoms with Crippen molar-refractivity contribution in [2.45, 2.75) is 33.2 Å². The van der Waals surface area contributed by atoms with E-state index in [2.05, 4.69) is 5.32 Å². The molecular weight excluding hydrogens is 278 g/mol. The molecule has 116 valence electrons. The second-order valence-corrected chi connectivity index (χ2v) is 4.02.